The van der Waals surface area contributed by atoms with E-state index in [0.29, 0.717) is 5.56 Å². The number of likely N-dealkylation sites (tertiary alicyclic amines) is 1. The number of piperazine rings is 1. The molecule has 0 bridgehead atoms. The van der Waals surface area contributed by atoms with Gasteiger partial charge in [-0.05, 0) is 37.9 Å². The number of amides is 2. The van der Waals surface area contributed by atoms with Gasteiger partial charge in [-0.1, -0.05) is 25.0 Å². The number of aromatic nitrogens is 1. The number of rotatable bonds is 7. The first-order chi connectivity index (χ1) is 19.4. The van der Waals surface area contributed by atoms with Gasteiger partial charge in [0.1, 0.15) is 30.9 Å². The number of nitrogens with one attached hydrogen (secondary N) is 1. The molecule has 2 aromatic rings. The van der Waals surface area contributed by atoms with Crippen molar-refractivity contribution in [1.29, 1.82) is 0 Å². The molecular weight excluding hydrogens is 659 g/mol. The molecule has 0 radical (unpaired) electrons. The summed E-state index contributed by atoms with van der Waals surface area (Å²) >= 11 is 1.64. The van der Waals surface area contributed by atoms with Gasteiger partial charge in [-0.15, -0.1) is 11.3 Å². The van der Waals surface area contributed by atoms with E-state index in [1.54, 1.807) is 35.5 Å². The number of hydrogen-bond donors (Lipinski definition) is 1. The number of thiazole rings is 1. The summed E-state index contributed by atoms with van der Waals surface area (Å²) in [7, 11) is 3.71. The van der Waals surface area contributed by atoms with E-state index in [2.05, 4.69) is 27.5 Å². The molecule has 1 aromatic heterocycles. The lowest BCUT2D eigenvalue weighted by atomic mass is 9.95. The lowest BCUT2D eigenvalue weighted by molar-refractivity contribution is -0.139. The Balaban J connectivity index is 0.00000169. The molecule has 1 aliphatic carbocycles. The predicted molar refractivity (Wildman–Crippen MR) is 193 cm³/mol. The summed E-state index contributed by atoms with van der Waals surface area (Å²) in [6, 6.07) is 6.06. The van der Waals surface area contributed by atoms with E-state index in [1.165, 1.54) is 0 Å². The van der Waals surface area contributed by atoms with Crippen molar-refractivity contribution >= 4 is 88.0 Å². The van der Waals surface area contributed by atoms with Gasteiger partial charge in [0.05, 0.1) is 12.2 Å². The van der Waals surface area contributed by atoms with E-state index in [9.17, 15) is 14.4 Å². The first-order valence-corrected chi connectivity index (χ1v) is 15.1. The van der Waals surface area contributed by atoms with Gasteiger partial charge in [-0.3, -0.25) is 14.4 Å². The van der Waals surface area contributed by atoms with E-state index in [1.807, 2.05) is 12.1 Å². The summed E-state index contributed by atoms with van der Waals surface area (Å²) in [5, 5.41) is 6.12. The van der Waals surface area contributed by atoms with Crippen LogP contribution in [0.15, 0.2) is 29.6 Å². The maximum atomic E-state index is 13.9. The van der Waals surface area contributed by atoms with Crippen LogP contribution in [0.3, 0.4) is 0 Å². The summed E-state index contributed by atoms with van der Waals surface area (Å²) in [4.78, 5) is 50.9. The quantitative estimate of drug-likeness (QED) is 0.470. The van der Waals surface area contributed by atoms with Gasteiger partial charge in [0.25, 0.3) is 5.91 Å². The van der Waals surface area contributed by atoms with Crippen LogP contribution in [-0.2, 0) is 19.1 Å². The topological polar surface area (TPSA) is 104 Å². The van der Waals surface area contributed by atoms with Crippen LogP contribution in [0.1, 0.15) is 36.0 Å². The van der Waals surface area contributed by atoms with Crippen LogP contribution >= 0.6 is 65.3 Å². The molecule has 4 heterocycles. The Labute approximate surface area is 291 Å². The van der Waals surface area contributed by atoms with Crippen molar-refractivity contribution in [3.05, 3.63) is 35.2 Å². The zero-order valence-corrected chi connectivity index (χ0v) is 29.9. The van der Waals surface area contributed by atoms with Crippen molar-refractivity contribution < 1.29 is 23.9 Å². The van der Waals surface area contributed by atoms with Crippen molar-refractivity contribution in [2.45, 2.75) is 50.0 Å². The molecule has 3 aliphatic heterocycles. The van der Waals surface area contributed by atoms with Crippen molar-refractivity contribution in [2.75, 3.05) is 58.4 Å². The van der Waals surface area contributed by atoms with Crippen LogP contribution in [0.2, 0.25) is 0 Å². The molecule has 4 aliphatic rings. The zero-order chi connectivity index (χ0) is 27.8. The second kappa shape index (κ2) is 16.9. The summed E-state index contributed by atoms with van der Waals surface area (Å²) in [5.41, 5.74) is 2.33. The third kappa shape index (κ3) is 7.91. The van der Waals surface area contributed by atoms with Crippen LogP contribution in [0.5, 0.6) is 0 Å². The average molecular weight is 704 g/mol. The highest BCUT2D eigenvalue weighted by Crippen LogP contribution is 2.34. The van der Waals surface area contributed by atoms with Gasteiger partial charge in [0, 0.05) is 49.8 Å². The lowest BCUT2D eigenvalue weighted by Gasteiger charge is -2.32. The van der Waals surface area contributed by atoms with Crippen molar-refractivity contribution in [1.82, 2.24) is 20.1 Å². The smallest absolute Gasteiger partial charge is 0.251 e. The first-order valence-electron chi connectivity index (χ1n) is 14.2. The summed E-state index contributed by atoms with van der Waals surface area (Å²) in [6.45, 7) is 4.26. The van der Waals surface area contributed by atoms with E-state index < -0.39 is 18.2 Å². The van der Waals surface area contributed by atoms with Gasteiger partial charge in [-0.2, -0.15) is 54.0 Å². The number of ketones is 1. The van der Waals surface area contributed by atoms with Gasteiger partial charge in [0.2, 0.25) is 5.91 Å². The van der Waals surface area contributed by atoms with E-state index in [-0.39, 0.29) is 96.8 Å². The molecule has 1 N–H and O–H groups in total. The van der Waals surface area contributed by atoms with Crippen LogP contribution in [0.25, 0.3) is 11.3 Å². The molecular formula is C29H45N5O5S5. The SMILES string of the molecule is CO[C@H]1CN(C(=O)[C@@H](NC(=O)c2ccc(-c3csc(N4CCN(C)CC4)n3)cc2)C2CCCC2)[C@@H]2C(=O)CO[C@H]12.S.S.S.S. The molecule has 0 unspecified atom stereocenters. The van der Waals surface area contributed by atoms with Crippen LogP contribution in [-0.4, -0.2) is 110 Å². The lowest BCUT2D eigenvalue weighted by Crippen LogP contribution is -2.54. The minimum atomic E-state index is -0.691. The van der Waals surface area contributed by atoms with Crippen LogP contribution in [0.4, 0.5) is 5.13 Å². The fraction of sp³-hybridized carbons (Fsp3) is 0.586. The largest absolute Gasteiger partial charge is 0.377 e. The van der Waals surface area contributed by atoms with Crippen molar-refractivity contribution in [3.63, 3.8) is 0 Å². The number of likely N-dealkylation sites (N-methyl/N-ethyl adjacent to an activating group) is 1. The highest BCUT2D eigenvalue weighted by Gasteiger charge is 2.54. The van der Waals surface area contributed by atoms with Gasteiger partial charge >= 0.3 is 0 Å². The monoisotopic (exact) mass is 703 g/mol. The number of hydrogen-bond acceptors (Lipinski definition) is 9. The molecule has 44 heavy (non-hydrogen) atoms. The molecule has 15 heteroatoms. The Morgan fingerprint density at radius 2 is 1.70 bits per heavy atom. The standard InChI is InChI=1S/C29H37N5O5S.4H2S/c1-32-11-13-33(14-12-32)29-30-21(17-40-29)18-7-9-20(10-8-18)27(36)31-24(19-5-3-4-6-19)28(37)34-15-23(38-2)26-25(34)22(35)16-39-26;;;;/h7-10,17,19,23-26H,3-6,11-16H2,1-2H3,(H,31,36);4*1H2/t23-,24-,25+,26+;;;;/m0..../s1. The molecule has 1 aromatic carbocycles. The number of nitrogens with zero attached hydrogens (tertiary/aromatic N) is 4. The summed E-state index contributed by atoms with van der Waals surface area (Å²) in [5.74, 6) is -0.579. The van der Waals surface area contributed by atoms with Crippen LogP contribution < -0.4 is 10.2 Å². The number of benzene rings is 1. The minimum Gasteiger partial charge on any atom is -0.377 e. The number of carbonyl (C=O) groups excluding carboxylic acids is 3. The highest BCUT2D eigenvalue weighted by molar-refractivity contribution is 7.59. The minimum absolute atomic E-state index is 0. The Kier molecular flexibility index (Phi) is 14.9. The third-order valence-corrected chi connectivity index (χ3v) is 9.76. The zero-order valence-electron chi connectivity index (χ0n) is 25.1. The Morgan fingerprint density at radius 3 is 2.34 bits per heavy atom. The second-order valence-electron chi connectivity index (χ2n) is 11.3. The van der Waals surface area contributed by atoms with Gasteiger partial charge in [0.15, 0.2) is 10.9 Å². The summed E-state index contributed by atoms with van der Waals surface area (Å²) in [6.07, 6.45) is 2.99. The molecule has 10 nitrogen and oxygen atoms in total. The molecule has 2 amide bonds. The number of methoxy groups -OCH3 is 1. The number of carbonyl (C=O) groups is 3. The van der Waals surface area contributed by atoms with Crippen molar-refractivity contribution in [2.24, 2.45) is 5.92 Å². The van der Waals surface area contributed by atoms with E-state index in [4.69, 9.17) is 14.5 Å². The molecule has 4 fully saturated rings. The molecule has 1 saturated carbocycles. The normalized spacial score (nSPS) is 24.0. The maximum absolute atomic E-state index is 13.9. The average Bonchev–Trinajstić information content (AvgIpc) is 3.78. The maximum Gasteiger partial charge on any atom is 0.251 e. The van der Waals surface area contributed by atoms with E-state index in [0.717, 1.165) is 68.3 Å². The fourth-order valence-electron chi connectivity index (χ4n) is 6.45. The predicted octanol–water partition coefficient (Wildman–Crippen LogP) is 2.50. The molecule has 246 valence electrons. The van der Waals surface area contributed by atoms with Crippen LogP contribution in [0, 0.1) is 5.92 Å². The second-order valence-corrected chi connectivity index (χ2v) is 12.2. The number of ether oxygens (including phenoxy) is 2. The molecule has 0 spiro atoms. The number of fused-ring (bicyclic) bond motifs is 1. The third-order valence-electron chi connectivity index (χ3n) is 8.86. The first kappa shape index (κ1) is 38.7. The fourth-order valence-corrected chi connectivity index (χ4v) is 7.34. The number of anilines is 1. The molecule has 4 atom stereocenters. The Morgan fingerprint density at radius 1 is 1.05 bits per heavy atom. The van der Waals surface area contributed by atoms with Gasteiger partial charge in [-0.25, -0.2) is 4.98 Å². The highest BCUT2D eigenvalue weighted by atomic mass is 32.1. The molecule has 3 saturated heterocycles. The number of Topliss-reactive ketones (excluding diaryl/α,β-unsaturated/α-hetero) is 1. The Bertz CT molecular complexity index is 1250. The Hall–Kier alpha value is -1.46. The van der Waals surface area contributed by atoms with Gasteiger partial charge < -0.3 is 29.5 Å². The molecule has 6 rings (SSSR count). The summed E-state index contributed by atoms with van der Waals surface area (Å²) < 4.78 is 11.2. The van der Waals surface area contributed by atoms with E-state index >= 15 is 0 Å². The van der Waals surface area contributed by atoms with Crippen molar-refractivity contribution in [3.8, 4) is 11.3 Å².